The molecule has 1 heteroatoms. The van der Waals surface area contributed by atoms with E-state index in [1.165, 1.54) is 12.8 Å². The maximum atomic E-state index is 3.80. The Morgan fingerprint density at radius 1 is 1.80 bits per heavy atom. The summed E-state index contributed by atoms with van der Waals surface area (Å²) in [6, 6.07) is 0.560. The first kappa shape index (κ1) is 7.80. The van der Waals surface area contributed by atoms with Crippen LogP contribution in [0.15, 0.2) is 12.7 Å². The van der Waals surface area contributed by atoms with Crippen LogP contribution < -0.4 is 5.32 Å². The molecule has 1 saturated carbocycles. The Morgan fingerprint density at radius 3 is 2.80 bits per heavy atom. The highest BCUT2D eigenvalue weighted by Crippen LogP contribution is 2.43. The second kappa shape index (κ2) is 3.20. The molecule has 0 aromatic carbocycles. The molecule has 0 spiro atoms. The molecule has 0 aromatic rings. The quantitative estimate of drug-likeness (QED) is 0.586. The van der Waals surface area contributed by atoms with Gasteiger partial charge in [-0.3, -0.25) is 0 Å². The summed E-state index contributed by atoms with van der Waals surface area (Å²) >= 11 is 0. The van der Waals surface area contributed by atoms with Crippen LogP contribution in [0, 0.1) is 11.8 Å². The summed E-state index contributed by atoms with van der Waals surface area (Å²) < 4.78 is 0. The van der Waals surface area contributed by atoms with Crippen LogP contribution in [-0.2, 0) is 0 Å². The molecule has 1 rings (SSSR count). The van der Waals surface area contributed by atoms with Crippen molar-refractivity contribution in [3.8, 4) is 0 Å². The smallest absolute Gasteiger partial charge is 0.0275 e. The highest BCUT2D eigenvalue weighted by molar-refractivity contribution is 5.01. The van der Waals surface area contributed by atoms with E-state index in [0.29, 0.717) is 6.04 Å². The summed E-state index contributed by atoms with van der Waals surface area (Å²) in [5, 5.41) is 3.26. The summed E-state index contributed by atoms with van der Waals surface area (Å²) in [6.07, 6.45) is 4.76. The van der Waals surface area contributed by atoms with Crippen molar-refractivity contribution in [3.05, 3.63) is 12.7 Å². The minimum Gasteiger partial charge on any atom is -0.313 e. The molecule has 58 valence electrons. The number of hydrogen-bond acceptors (Lipinski definition) is 1. The average Bonchev–Trinajstić information content (AvgIpc) is 2.70. The molecule has 1 nitrogen and oxygen atoms in total. The van der Waals surface area contributed by atoms with E-state index in [4.69, 9.17) is 0 Å². The predicted molar refractivity (Wildman–Crippen MR) is 44.9 cm³/mol. The summed E-state index contributed by atoms with van der Waals surface area (Å²) in [7, 11) is 2.01. The molecule has 0 aliphatic heterocycles. The number of rotatable bonds is 4. The lowest BCUT2D eigenvalue weighted by molar-refractivity contribution is 0.547. The van der Waals surface area contributed by atoms with Gasteiger partial charge in [-0.2, -0.15) is 0 Å². The molecule has 1 aliphatic carbocycles. The van der Waals surface area contributed by atoms with Gasteiger partial charge in [0.25, 0.3) is 0 Å². The minimum atomic E-state index is 0.560. The van der Waals surface area contributed by atoms with E-state index < -0.39 is 0 Å². The fraction of sp³-hybridized carbons (Fsp3) is 0.778. The molecule has 0 saturated heterocycles. The molecule has 1 aliphatic rings. The van der Waals surface area contributed by atoms with Gasteiger partial charge in [-0.05, 0) is 25.3 Å². The van der Waals surface area contributed by atoms with Gasteiger partial charge in [-0.25, -0.2) is 0 Å². The summed E-state index contributed by atoms with van der Waals surface area (Å²) in [4.78, 5) is 0. The van der Waals surface area contributed by atoms with E-state index >= 15 is 0 Å². The second-order valence-electron chi connectivity index (χ2n) is 3.12. The maximum absolute atomic E-state index is 3.80. The zero-order valence-corrected chi connectivity index (χ0v) is 6.93. The topological polar surface area (TPSA) is 12.0 Å². The predicted octanol–water partition coefficient (Wildman–Crippen LogP) is 1.81. The first-order chi connectivity index (χ1) is 4.83. The Morgan fingerprint density at radius 2 is 2.50 bits per heavy atom. The van der Waals surface area contributed by atoms with Gasteiger partial charge in [-0.1, -0.05) is 19.4 Å². The fourth-order valence-electron chi connectivity index (χ4n) is 1.69. The summed E-state index contributed by atoms with van der Waals surface area (Å²) in [5.41, 5.74) is 0. The Hall–Kier alpha value is -0.300. The number of hydrogen-bond donors (Lipinski definition) is 1. The van der Waals surface area contributed by atoms with Crippen molar-refractivity contribution in [2.45, 2.75) is 25.8 Å². The molecule has 0 aromatic heterocycles. The average molecular weight is 139 g/mol. The van der Waals surface area contributed by atoms with Gasteiger partial charge in [0.15, 0.2) is 0 Å². The van der Waals surface area contributed by atoms with Crippen molar-refractivity contribution in [1.29, 1.82) is 0 Å². The Kier molecular flexibility index (Phi) is 2.50. The van der Waals surface area contributed by atoms with Crippen molar-refractivity contribution < 1.29 is 0 Å². The van der Waals surface area contributed by atoms with Crippen molar-refractivity contribution >= 4 is 0 Å². The van der Waals surface area contributed by atoms with E-state index in [9.17, 15) is 0 Å². The van der Waals surface area contributed by atoms with Crippen LogP contribution in [0.4, 0.5) is 0 Å². The van der Waals surface area contributed by atoms with Gasteiger partial charge in [0.05, 0.1) is 0 Å². The van der Waals surface area contributed by atoms with Gasteiger partial charge in [0, 0.05) is 6.04 Å². The minimum absolute atomic E-state index is 0.560. The van der Waals surface area contributed by atoms with Crippen LogP contribution in [0.25, 0.3) is 0 Å². The largest absolute Gasteiger partial charge is 0.313 e. The standard InChI is InChI=1S/C9H17N/c1-4-7-6-8(7)9(5-2)10-3/h5,7-10H,2,4,6H2,1,3H3. The van der Waals surface area contributed by atoms with Crippen molar-refractivity contribution in [2.75, 3.05) is 7.05 Å². The molecule has 0 bridgehead atoms. The van der Waals surface area contributed by atoms with E-state index in [-0.39, 0.29) is 0 Å². The zero-order valence-electron chi connectivity index (χ0n) is 6.93. The van der Waals surface area contributed by atoms with Gasteiger partial charge < -0.3 is 5.32 Å². The lowest BCUT2D eigenvalue weighted by Crippen LogP contribution is -2.25. The van der Waals surface area contributed by atoms with Crippen LogP contribution in [-0.4, -0.2) is 13.1 Å². The van der Waals surface area contributed by atoms with E-state index in [2.05, 4.69) is 18.8 Å². The van der Waals surface area contributed by atoms with Crippen molar-refractivity contribution in [2.24, 2.45) is 11.8 Å². The third-order valence-electron chi connectivity index (χ3n) is 2.55. The molecule has 10 heavy (non-hydrogen) atoms. The van der Waals surface area contributed by atoms with Crippen molar-refractivity contribution in [1.82, 2.24) is 5.32 Å². The molecule has 0 radical (unpaired) electrons. The zero-order chi connectivity index (χ0) is 7.56. The van der Waals surface area contributed by atoms with Gasteiger partial charge in [-0.15, -0.1) is 6.58 Å². The van der Waals surface area contributed by atoms with E-state index in [1.54, 1.807) is 0 Å². The molecular formula is C9H17N. The lowest BCUT2D eigenvalue weighted by Gasteiger charge is -2.09. The molecule has 0 amide bonds. The summed E-state index contributed by atoms with van der Waals surface area (Å²) in [6.45, 7) is 6.06. The number of nitrogens with one attached hydrogen (secondary N) is 1. The SMILES string of the molecule is C=CC(NC)C1CC1CC. The van der Waals surface area contributed by atoms with Gasteiger partial charge >= 0.3 is 0 Å². The first-order valence-corrected chi connectivity index (χ1v) is 4.13. The molecular weight excluding hydrogens is 122 g/mol. The molecule has 1 fully saturated rings. The molecule has 0 heterocycles. The Labute approximate surface area is 63.5 Å². The van der Waals surface area contributed by atoms with Crippen LogP contribution in [0.2, 0.25) is 0 Å². The first-order valence-electron chi connectivity index (χ1n) is 4.13. The van der Waals surface area contributed by atoms with Crippen molar-refractivity contribution in [3.63, 3.8) is 0 Å². The fourth-order valence-corrected chi connectivity index (χ4v) is 1.69. The van der Waals surface area contributed by atoms with Gasteiger partial charge in [0.2, 0.25) is 0 Å². The highest BCUT2D eigenvalue weighted by atomic mass is 14.9. The van der Waals surface area contributed by atoms with Gasteiger partial charge in [0.1, 0.15) is 0 Å². The molecule has 1 N–H and O–H groups in total. The van der Waals surface area contributed by atoms with Crippen LogP contribution in [0.3, 0.4) is 0 Å². The third-order valence-corrected chi connectivity index (χ3v) is 2.55. The van der Waals surface area contributed by atoms with E-state index in [1.807, 2.05) is 13.1 Å². The van der Waals surface area contributed by atoms with Crippen LogP contribution >= 0.6 is 0 Å². The molecule has 3 unspecified atom stereocenters. The summed E-state index contributed by atoms with van der Waals surface area (Å²) in [5.74, 6) is 1.85. The van der Waals surface area contributed by atoms with E-state index in [0.717, 1.165) is 11.8 Å². The molecule has 3 atom stereocenters. The third kappa shape index (κ3) is 1.40. The monoisotopic (exact) mass is 139 g/mol. The normalized spacial score (nSPS) is 33.4. The Balaban J connectivity index is 2.29. The number of likely N-dealkylation sites (N-methyl/N-ethyl adjacent to an activating group) is 1. The second-order valence-corrected chi connectivity index (χ2v) is 3.12. The Bertz CT molecular complexity index is 120. The highest BCUT2D eigenvalue weighted by Gasteiger charge is 2.39. The lowest BCUT2D eigenvalue weighted by atomic mass is 10.1. The van der Waals surface area contributed by atoms with Crippen LogP contribution in [0.1, 0.15) is 19.8 Å². The maximum Gasteiger partial charge on any atom is 0.0275 e. The van der Waals surface area contributed by atoms with Crippen LogP contribution in [0.5, 0.6) is 0 Å².